The predicted molar refractivity (Wildman–Crippen MR) is 87.4 cm³/mol. The Morgan fingerprint density at radius 2 is 1.71 bits per heavy atom. The van der Waals surface area contributed by atoms with Gasteiger partial charge < -0.3 is 10.6 Å². The molecule has 0 bridgehead atoms. The van der Waals surface area contributed by atoms with Crippen molar-refractivity contribution in [1.29, 1.82) is 0 Å². The summed E-state index contributed by atoms with van der Waals surface area (Å²) in [6, 6.07) is 14.6. The number of hydrogen-bond acceptors (Lipinski definition) is 2. The second-order valence-corrected chi connectivity index (χ2v) is 5.45. The minimum atomic E-state index is -0.0169. The van der Waals surface area contributed by atoms with E-state index < -0.39 is 0 Å². The van der Waals surface area contributed by atoms with Gasteiger partial charge in [0, 0.05) is 23.3 Å². The molecular formula is C17H19ClN2O. The van der Waals surface area contributed by atoms with Crippen LogP contribution in [-0.4, -0.2) is 17.9 Å². The van der Waals surface area contributed by atoms with Crippen LogP contribution < -0.4 is 5.73 Å². The molecule has 0 unspecified atom stereocenters. The molecule has 0 saturated carbocycles. The van der Waals surface area contributed by atoms with Crippen molar-refractivity contribution in [3.63, 3.8) is 0 Å². The molecule has 0 radical (unpaired) electrons. The summed E-state index contributed by atoms with van der Waals surface area (Å²) < 4.78 is 0. The molecule has 3 nitrogen and oxygen atoms in total. The fraction of sp³-hybridized carbons (Fsp3) is 0.235. The van der Waals surface area contributed by atoms with E-state index >= 15 is 0 Å². The first-order valence-corrected chi connectivity index (χ1v) is 7.29. The molecule has 0 heterocycles. The first-order chi connectivity index (χ1) is 10.0. The highest BCUT2D eigenvalue weighted by atomic mass is 35.5. The zero-order chi connectivity index (χ0) is 15.4. The summed E-state index contributed by atoms with van der Waals surface area (Å²) in [4.78, 5) is 14.3. The molecule has 2 rings (SSSR count). The van der Waals surface area contributed by atoms with Gasteiger partial charge in [-0.15, -0.1) is 0 Å². The van der Waals surface area contributed by atoms with Crippen molar-refractivity contribution < 1.29 is 4.79 Å². The second kappa shape index (κ2) is 6.64. The minimum Gasteiger partial charge on any atom is -0.399 e. The lowest BCUT2D eigenvalue weighted by Crippen LogP contribution is -2.31. The van der Waals surface area contributed by atoms with Gasteiger partial charge in [0.1, 0.15) is 0 Å². The molecular weight excluding hydrogens is 284 g/mol. The number of anilines is 1. The van der Waals surface area contributed by atoms with E-state index in [2.05, 4.69) is 6.92 Å². The summed E-state index contributed by atoms with van der Waals surface area (Å²) in [5.74, 6) is -0.0169. The van der Waals surface area contributed by atoms with Crippen molar-refractivity contribution in [2.24, 2.45) is 0 Å². The van der Waals surface area contributed by atoms with E-state index in [1.54, 1.807) is 29.2 Å². The molecule has 0 saturated heterocycles. The number of nitrogen functional groups attached to an aromatic ring is 1. The Bertz CT molecular complexity index is 608. The van der Waals surface area contributed by atoms with Crippen molar-refractivity contribution in [3.8, 4) is 0 Å². The molecule has 21 heavy (non-hydrogen) atoms. The van der Waals surface area contributed by atoms with Gasteiger partial charge in [-0.05, 0) is 48.4 Å². The Morgan fingerprint density at radius 3 is 2.24 bits per heavy atom. The van der Waals surface area contributed by atoms with Gasteiger partial charge in [-0.25, -0.2) is 0 Å². The normalized spacial score (nSPS) is 12.0. The van der Waals surface area contributed by atoms with Crippen LogP contribution in [0.15, 0.2) is 48.5 Å². The summed E-state index contributed by atoms with van der Waals surface area (Å²) in [6.45, 7) is 2.06. The van der Waals surface area contributed by atoms with Gasteiger partial charge in [0.2, 0.25) is 0 Å². The topological polar surface area (TPSA) is 46.3 Å². The molecule has 2 N–H and O–H groups in total. The number of nitrogens with zero attached hydrogens (tertiary/aromatic N) is 1. The van der Waals surface area contributed by atoms with E-state index in [4.69, 9.17) is 17.3 Å². The monoisotopic (exact) mass is 302 g/mol. The van der Waals surface area contributed by atoms with Crippen molar-refractivity contribution in [2.45, 2.75) is 19.4 Å². The Morgan fingerprint density at radius 1 is 1.14 bits per heavy atom. The fourth-order valence-electron chi connectivity index (χ4n) is 2.39. The summed E-state index contributed by atoms with van der Waals surface area (Å²) >= 11 is 5.92. The van der Waals surface area contributed by atoms with Crippen LogP contribution in [0.25, 0.3) is 0 Å². The average Bonchev–Trinajstić information content (AvgIpc) is 2.50. The number of rotatable bonds is 4. The first-order valence-electron chi connectivity index (χ1n) is 6.91. The maximum Gasteiger partial charge on any atom is 0.254 e. The van der Waals surface area contributed by atoms with Gasteiger partial charge in [-0.3, -0.25) is 4.79 Å². The Balaban J connectivity index is 2.23. The quantitative estimate of drug-likeness (QED) is 0.863. The van der Waals surface area contributed by atoms with E-state index in [0.29, 0.717) is 16.3 Å². The van der Waals surface area contributed by atoms with E-state index in [1.807, 2.05) is 31.3 Å². The van der Waals surface area contributed by atoms with Crippen LogP contribution in [0.3, 0.4) is 0 Å². The third kappa shape index (κ3) is 3.56. The standard InChI is InChI=1S/C17H19ClN2O/c1-3-16(12-4-8-14(18)9-5-12)20(2)17(21)13-6-10-15(19)11-7-13/h4-11,16H,3,19H2,1-2H3/t16-/m1/s1. The third-order valence-electron chi connectivity index (χ3n) is 3.59. The summed E-state index contributed by atoms with van der Waals surface area (Å²) in [6.07, 6.45) is 0.832. The zero-order valence-electron chi connectivity index (χ0n) is 12.2. The van der Waals surface area contributed by atoms with Crippen molar-refractivity contribution in [3.05, 3.63) is 64.7 Å². The van der Waals surface area contributed by atoms with Gasteiger partial charge in [-0.1, -0.05) is 30.7 Å². The summed E-state index contributed by atoms with van der Waals surface area (Å²) in [5, 5.41) is 0.695. The Labute approximate surface area is 130 Å². The van der Waals surface area contributed by atoms with Crippen LogP contribution in [0, 0.1) is 0 Å². The molecule has 1 atom stereocenters. The largest absolute Gasteiger partial charge is 0.399 e. The van der Waals surface area contributed by atoms with Crippen LogP contribution in [0.5, 0.6) is 0 Å². The lowest BCUT2D eigenvalue weighted by Gasteiger charge is -2.28. The van der Waals surface area contributed by atoms with Gasteiger partial charge in [0.05, 0.1) is 6.04 Å². The maximum absolute atomic E-state index is 12.6. The van der Waals surface area contributed by atoms with Crippen LogP contribution >= 0.6 is 11.6 Å². The van der Waals surface area contributed by atoms with Crippen LogP contribution in [0.1, 0.15) is 35.3 Å². The molecule has 1 amide bonds. The van der Waals surface area contributed by atoms with Gasteiger partial charge in [-0.2, -0.15) is 0 Å². The van der Waals surface area contributed by atoms with E-state index in [1.165, 1.54) is 0 Å². The van der Waals surface area contributed by atoms with Crippen LogP contribution in [0.2, 0.25) is 5.02 Å². The number of hydrogen-bond donors (Lipinski definition) is 1. The highest BCUT2D eigenvalue weighted by Crippen LogP contribution is 2.25. The molecule has 0 spiro atoms. The lowest BCUT2D eigenvalue weighted by atomic mass is 10.0. The maximum atomic E-state index is 12.6. The van der Waals surface area contributed by atoms with Crippen molar-refractivity contribution in [1.82, 2.24) is 4.90 Å². The number of amides is 1. The highest BCUT2D eigenvalue weighted by Gasteiger charge is 2.21. The molecule has 2 aromatic rings. The number of carbonyl (C=O) groups is 1. The molecule has 110 valence electrons. The van der Waals surface area contributed by atoms with Crippen molar-refractivity contribution >= 4 is 23.2 Å². The zero-order valence-corrected chi connectivity index (χ0v) is 13.0. The predicted octanol–water partition coefficient (Wildman–Crippen LogP) is 4.15. The number of carbonyl (C=O) groups excluding carboxylic acids is 1. The number of benzene rings is 2. The molecule has 0 aromatic heterocycles. The fourth-order valence-corrected chi connectivity index (χ4v) is 2.51. The van der Waals surface area contributed by atoms with Crippen LogP contribution in [0.4, 0.5) is 5.69 Å². The minimum absolute atomic E-state index is 0.0169. The molecule has 0 aliphatic carbocycles. The van der Waals surface area contributed by atoms with E-state index in [0.717, 1.165) is 12.0 Å². The molecule has 4 heteroatoms. The SMILES string of the molecule is CC[C@H](c1ccc(Cl)cc1)N(C)C(=O)c1ccc(N)cc1. The second-order valence-electron chi connectivity index (χ2n) is 5.01. The van der Waals surface area contributed by atoms with Crippen molar-refractivity contribution in [2.75, 3.05) is 12.8 Å². The lowest BCUT2D eigenvalue weighted by molar-refractivity contribution is 0.0726. The smallest absolute Gasteiger partial charge is 0.254 e. The van der Waals surface area contributed by atoms with Crippen LogP contribution in [-0.2, 0) is 0 Å². The Kier molecular flexibility index (Phi) is 4.86. The highest BCUT2D eigenvalue weighted by molar-refractivity contribution is 6.30. The molecule has 0 aliphatic rings. The summed E-state index contributed by atoms with van der Waals surface area (Å²) in [5.41, 5.74) is 8.02. The van der Waals surface area contributed by atoms with Gasteiger partial charge in [0.15, 0.2) is 0 Å². The number of halogens is 1. The molecule has 2 aromatic carbocycles. The van der Waals surface area contributed by atoms with Gasteiger partial charge in [0.25, 0.3) is 5.91 Å². The van der Waals surface area contributed by atoms with E-state index in [-0.39, 0.29) is 11.9 Å². The van der Waals surface area contributed by atoms with E-state index in [9.17, 15) is 4.79 Å². The molecule has 0 aliphatic heterocycles. The first kappa shape index (κ1) is 15.4. The van der Waals surface area contributed by atoms with Gasteiger partial charge >= 0.3 is 0 Å². The molecule has 0 fully saturated rings. The summed E-state index contributed by atoms with van der Waals surface area (Å²) in [7, 11) is 1.82. The Hall–Kier alpha value is -2.00. The average molecular weight is 303 g/mol. The number of nitrogens with two attached hydrogens (primary N) is 1. The third-order valence-corrected chi connectivity index (χ3v) is 3.84.